The molecule has 0 spiro atoms. The molecule has 1 aromatic heterocycles. The Morgan fingerprint density at radius 2 is 2.05 bits per heavy atom. The lowest BCUT2D eigenvalue weighted by Crippen LogP contribution is -2.14. The molecular formula is C13H16ClN3O2S. The van der Waals surface area contributed by atoms with Gasteiger partial charge in [0.05, 0.1) is 6.33 Å². The molecule has 1 N–H and O–H groups in total. The molecule has 0 saturated carbocycles. The first-order valence-electron chi connectivity index (χ1n) is 6.11. The zero-order chi connectivity index (χ0) is 14.9. The summed E-state index contributed by atoms with van der Waals surface area (Å²) in [5.74, 6) is 0.317. The minimum Gasteiger partial charge on any atom is -0.324 e. The van der Waals surface area contributed by atoms with Crippen molar-refractivity contribution in [2.45, 2.75) is 24.8 Å². The first-order valence-corrected chi connectivity index (χ1v) is 7.97. The van der Waals surface area contributed by atoms with Crippen molar-refractivity contribution in [1.29, 1.82) is 0 Å². The Kier molecular flexibility index (Phi) is 4.06. The molecule has 108 valence electrons. The largest absolute Gasteiger partial charge is 0.324 e. The summed E-state index contributed by atoms with van der Waals surface area (Å²) in [6, 6.07) is 7.27. The molecule has 0 aliphatic carbocycles. The molecule has 0 fully saturated rings. The lowest BCUT2D eigenvalue weighted by molar-refractivity contribution is 0.598. The van der Waals surface area contributed by atoms with E-state index in [2.05, 4.69) is 9.71 Å². The van der Waals surface area contributed by atoms with Crippen molar-refractivity contribution < 1.29 is 8.42 Å². The highest BCUT2D eigenvalue weighted by Gasteiger charge is 2.22. The zero-order valence-electron chi connectivity index (χ0n) is 11.5. The number of aromatic nitrogens is 2. The maximum absolute atomic E-state index is 12.2. The fourth-order valence-corrected chi connectivity index (χ4v) is 3.22. The quantitative estimate of drug-likeness (QED) is 0.943. The van der Waals surface area contributed by atoms with Gasteiger partial charge >= 0.3 is 0 Å². The average Bonchev–Trinajstić information content (AvgIpc) is 2.70. The van der Waals surface area contributed by atoms with Gasteiger partial charge < -0.3 is 4.57 Å². The first kappa shape index (κ1) is 14.9. The lowest BCUT2D eigenvalue weighted by Gasteiger charge is -2.10. The van der Waals surface area contributed by atoms with E-state index in [1.807, 2.05) is 26.0 Å². The highest BCUT2D eigenvalue weighted by atomic mass is 35.5. The normalized spacial score (nSPS) is 11.8. The predicted molar refractivity (Wildman–Crippen MR) is 79.6 cm³/mol. The molecule has 0 bridgehead atoms. The molecule has 1 aromatic carbocycles. The summed E-state index contributed by atoms with van der Waals surface area (Å²) in [7, 11) is -2.15. The minimum atomic E-state index is -3.78. The van der Waals surface area contributed by atoms with Crippen LogP contribution in [-0.4, -0.2) is 18.0 Å². The van der Waals surface area contributed by atoms with E-state index in [-0.39, 0.29) is 10.2 Å². The second-order valence-corrected chi connectivity index (χ2v) is 6.79. The number of anilines is 1. The number of sulfonamides is 1. The van der Waals surface area contributed by atoms with E-state index in [4.69, 9.17) is 11.6 Å². The van der Waals surface area contributed by atoms with E-state index in [9.17, 15) is 8.42 Å². The maximum atomic E-state index is 12.2. The van der Waals surface area contributed by atoms with E-state index in [0.29, 0.717) is 11.6 Å². The summed E-state index contributed by atoms with van der Waals surface area (Å²) in [6.45, 7) is 4.09. The SMILES string of the molecule is CC(C)c1cccc(NS(=O)(=O)c2ncn(C)c2Cl)c1. The van der Waals surface area contributed by atoms with Gasteiger partial charge in [0.1, 0.15) is 5.15 Å². The topological polar surface area (TPSA) is 64.0 Å². The van der Waals surface area contributed by atoms with Crippen molar-refractivity contribution in [2.24, 2.45) is 7.05 Å². The van der Waals surface area contributed by atoms with Crippen molar-refractivity contribution in [3.8, 4) is 0 Å². The molecule has 0 aliphatic rings. The van der Waals surface area contributed by atoms with Gasteiger partial charge in [-0.05, 0) is 23.6 Å². The molecule has 0 unspecified atom stereocenters. The third-order valence-corrected chi connectivity index (χ3v) is 4.76. The molecule has 1 heterocycles. The molecule has 0 amide bonds. The molecule has 5 nitrogen and oxygen atoms in total. The third-order valence-electron chi connectivity index (χ3n) is 2.89. The molecule has 0 aliphatic heterocycles. The number of aryl methyl sites for hydroxylation is 1. The molecule has 0 radical (unpaired) electrons. The smallest absolute Gasteiger partial charge is 0.282 e. The van der Waals surface area contributed by atoms with Crippen LogP contribution in [0, 0.1) is 0 Å². The average molecular weight is 314 g/mol. The van der Waals surface area contributed by atoms with Crippen LogP contribution in [0.1, 0.15) is 25.3 Å². The number of rotatable bonds is 4. The Balaban J connectivity index is 2.34. The maximum Gasteiger partial charge on any atom is 0.282 e. The monoisotopic (exact) mass is 313 g/mol. The Labute approximate surface area is 123 Å². The van der Waals surface area contributed by atoms with Gasteiger partial charge in [-0.15, -0.1) is 0 Å². The van der Waals surface area contributed by atoms with Gasteiger partial charge in [-0.25, -0.2) is 4.98 Å². The van der Waals surface area contributed by atoms with E-state index in [1.165, 1.54) is 10.9 Å². The second kappa shape index (κ2) is 5.46. The van der Waals surface area contributed by atoms with Crippen LogP contribution < -0.4 is 4.72 Å². The van der Waals surface area contributed by atoms with Crippen LogP contribution in [0.2, 0.25) is 5.15 Å². The van der Waals surface area contributed by atoms with Gasteiger partial charge in [0.25, 0.3) is 10.0 Å². The molecule has 2 aromatic rings. The van der Waals surface area contributed by atoms with Gasteiger partial charge in [-0.1, -0.05) is 37.6 Å². The highest BCUT2D eigenvalue weighted by molar-refractivity contribution is 7.92. The number of nitrogens with one attached hydrogen (secondary N) is 1. The van der Waals surface area contributed by atoms with Crippen LogP contribution in [0.25, 0.3) is 0 Å². The van der Waals surface area contributed by atoms with E-state index >= 15 is 0 Å². The number of imidazole rings is 1. The van der Waals surface area contributed by atoms with Gasteiger partial charge in [-0.3, -0.25) is 4.72 Å². The second-order valence-electron chi connectivity index (χ2n) is 4.84. The van der Waals surface area contributed by atoms with Crippen molar-refractivity contribution in [1.82, 2.24) is 9.55 Å². The summed E-state index contributed by atoms with van der Waals surface area (Å²) in [5, 5.41) is -0.0888. The van der Waals surface area contributed by atoms with Crippen molar-refractivity contribution in [3.05, 3.63) is 41.3 Å². The van der Waals surface area contributed by atoms with Crippen molar-refractivity contribution in [3.63, 3.8) is 0 Å². The van der Waals surface area contributed by atoms with Crippen LogP contribution in [0.3, 0.4) is 0 Å². The molecule has 0 atom stereocenters. The summed E-state index contributed by atoms with van der Waals surface area (Å²) in [5.41, 5.74) is 1.55. The fraction of sp³-hybridized carbons (Fsp3) is 0.308. The molecule has 0 saturated heterocycles. The molecule has 20 heavy (non-hydrogen) atoms. The van der Waals surface area contributed by atoms with Gasteiger partial charge in [-0.2, -0.15) is 8.42 Å². The number of hydrogen-bond acceptors (Lipinski definition) is 3. The molecule has 7 heteroatoms. The van der Waals surface area contributed by atoms with Crippen molar-refractivity contribution in [2.75, 3.05) is 4.72 Å². The number of nitrogens with zero attached hydrogens (tertiary/aromatic N) is 2. The molecule has 2 rings (SSSR count). The number of halogens is 1. The van der Waals surface area contributed by atoms with Gasteiger partial charge in [0, 0.05) is 12.7 Å². The van der Waals surface area contributed by atoms with Crippen LogP contribution in [0.5, 0.6) is 0 Å². The van der Waals surface area contributed by atoms with Gasteiger partial charge in [0.2, 0.25) is 5.03 Å². The van der Waals surface area contributed by atoms with Gasteiger partial charge in [0.15, 0.2) is 0 Å². The van der Waals surface area contributed by atoms with Crippen molar-refractivity contribution >= 4 is 27.3 Å². The Morgan fingerprint density at radius 3 is 2.60 bits per heavy atom. The van der Waals surface area contributed by atoms with Crippen LogP contribution in [0.15, 0.2) is 35.6 Å². The minimum absolute atomic E-state index is 0.0810. The standard InChI is InChI=1S/C13H16ClN3O2S/c1-9(2)10-5-4-6-11(7-10)16-20(18,19)13-12(14)17(3)8-15-13/h4-9,16H,1-3H3. The molecular weight excluding hydrogens is 298 g/mol. The first-order chi connectivity index (χ1) is 9.31. The van der Waals surface area contributed by atoms with Crippen LogP contribution in [0.4, 0.5) is 5.69 Å². The number of hydrogen-bond donors (Lipinski definition) is 1. The van der Waals surface area contributed by atoms with E-state index in [0.717, 1.165) is 5.56 Å². The Morgan fingerprint density at radius 1 is 1.35 bits per heavy atom. The Bertz CT molecular complexity index is 723. The Hall–Kier alpha value is -1.53. The summed E-state index contributed by atoms with van der Waals surface area (Å²) in [4.78, 5) is 3.82. The van der Waals surface area contributed by atoms with Crippen LogP contribution >= 0.6 is 11.6 Å². The summed E-state index contributed by atoms with van der Waals surface area (Å²) >= 11 is 5.92. The van der Waals surface area contributed by atoms with Crippen LogP contribution in [-0.2, 0) is 17.1 Å². The predicted octanol–water partition coefficient (Wildman–Crippen LogP) is 3.00. The lowest BCUT2D eigenvalue weighted by atomic mass is 10.0. The summed E-state index contributed by atoms with van der Waals surface area (Å²) in [6.07, 6.45) is 1.36. The fourth-order valence-electron chi connectivity index (χ4n) is 1.74. The zero-order valence-corrected chi connectivity index (χ0v) is 13.0. The highest BCUT2D eigenvalue weighted by Crippen LogP contribution is 2.23. The summed E-state index contributed by atoms with van der Waals surface area (Å²) < 4.78 is 28.4. The van der Waals surface area contributed by atoms with E-state index in [1.54, 1.807) is 19.2 Å². The van der Waals surface area contributed by atoms with E-state index < -0.39 is 10.0 Å². The number of benzene rings is 1. The third kappa shape index (κ3) is 2.96.